The SMILES string of the molecule is C[C@H](/C=C/S(C)(=O)=O)NC(=O)c1ccc(N2CCCCC2c2cccc(F)c2F)cc1. The van der Waals surface area contributed by atoms with E-state index in [2.05, 4.69) is 5.32 Å². The van der Waals surface area contributed by atoms with Gasteiger partial charge in [-0.3, -0.25) is 4.79 Å². The lowest BCUT2D eigenvalue weighted by Gasteiger charge is -2.38. The second-order valence-electron chi connectivity index (χ2n) is 7.82. The first-order valence-corrected chi connectivity index (χ1v) is 12.1. The molecule has 1 amide bonds. The highest BCUT2D eigenvalue weighted by atomic mass is 32.2. The summed E-state index contributed by atoms with van der Waals surface area (Å²) in [5.41, 5.74) is 1.59. The van der Waals surface area contributed by atoms with Gasteiger partial charge < -0.3 is 10.2 Å². The van der Waals surface area contributed by atoms with Crippen LogP contribution in [0.4, 0.5) is 14.5 Å². The average molecular weight is 449 g/mol. The minimum absolute atomic E-state index is 0.273. The number of hydrogen-bond donors (Lipinski definition) is 1. The fourth-order valence-electron chi connectivity index (χ4n) is 3.74. The maximum atomic E-state index is 14.4. The van der Waals surface area contributed by atoms with Crippen molar-refractivity contribution in [2.24, 2.45) is 0 Å². The van der Waals surface area contributed by atoms with E-state index in [1.807, 2.05) is 4.90 Å². The van der Waals surface area contributed by atoms with E-state index in [0.717, 1.165) is 36.3 Å². The lowest BCUT2D eigenvalue weighted by Crippen LogP contribution is -2.34. The number of sulfone groups is 1. The zero-order valence-corrected chi connectivity index (χ0v) is 18.3. The van der Waals surface area contributed by atoms with Crippen molar-refractivity contribution in [1.29, 1.82) is 0 Å². The fraction of sp³-hybridized carbons (Fsp3) is 0.348. The normalized spacial score (nSPS) is 18.2. The lowest BCUT2D eigenvalue weighted by atomic mass is 9.94. The van der Waals surface area contributed by atoms with Gasteiger partial charge in [0.15, 0.2) is 21.5 Å². The highest BCUT2D eigenvalue weighted by Gasteiger charge is 2.27. The molecule has 0 bridgehead atoms. The molecular formula is C23H26F2N2O3S. The second-order valence-corrected chi connectivity index (χ2v) is 9.75. The smallest absolute Gasteiger partial charge is 0.251 e. The number of carbonyl (C=O) groups is 1. The molecule has 2 aromatic rings. The van der Waals surface area contributed by atoms with Crippen LogP contribution in [0.5, 0.6) is 0 Å². The van der Waals surface area contributed by atoms with E-state index in [0.29, 0.717) is 24.1 Å². The van der Waals surface area contributed by atoms with Crippen LogP contribution in [0.1, 0.15) is 48.1 Å². The fourth-order valence-corrected chi connectivity index (χ4v) is 4.27. The molecule has 1 aliphatic rings. The van der Waals surface area contributed by atoms with Gasteiger partial charge in [0.25, 0.3) is 5.91 Å². The first-order valence-electron chi connectivity index (χ1n) is 10.2. The number of halogens is 2. The monoisotopic (exact) mass is 448 g/mol. The first-order chi connectivity index (χ1) is 14.7. The van der Waals surface area contributed by atoms with E-state index in [4.69, 9.17) is 0 Å². The number of amides is 1. The number of carbonyl (C=O) groups excluding carboxylic acids is 1. The van der Waals surface area contributed by atoms with Gasteiger partial charge in [-0.2, -0.15) is 0 Å². The van der Waals surface area contributed by atoms with Gasteiger partial charge in [0.05, 0.1) is 6.04 Å². The van der Waals surface area contributed by atoms with Gasteiger partial charge >= 0.3 is 0 Å². The molecule has 166 valence electrons. The Kier molecular flexibility index (Phi) is 7.10. The molecule has 1 N–H and O–H groups in total. The summed E-state index contributed by atoms with van der Waals surface area (Å²) in [5, 5.41) is 3.78. The zero-order chi connectivity index (χ0) is 22.6. The lowest BCUT2D eigenvalue weighted by molar-refractivity contribution is 0.0947. The van der Waals surface area contributed by atoms with Crippen molar-refractivity contribution in [1.82, 2.24) is 5.32 Å². The Morgan fingerprint density at radius 1 is 1.16 bits per heavy atom. The minimum Gasteiger partial charge on any atom is -0.364 e. The third-order valence-electron chi connectivity index (χ3n) is 5.28. The molecule has 3 rings (SSSR count). The number of nitrogens with one attached hydrogen (secondary N) is 1. The van der Waals surface area contributed by atoms with E-state index in [9.17, 15) is 22.0 Å². The molecular weight excluding hydrogens is 422 g/mol. The largest absolute Gasteiger partial charge is 0.364 e. The Morgan fingerprint density at radius 3 is 2.55 bits per heavy atom. The number of hydrogen-bond acceptors (Lipinski definition) is 4. The summed E-state index contributed by atoms with van der Waals surface area (Å²) in [5.74, 6) is -2.00. The maximum absolute atomic E-state index is 14.4. The van der Waals surface area contributed by atoms with Crippen LogP contribution < -0.4 is 10.2 Å². The molecule has 2 atom stereocenters. The molecule has 8 heteroatoms. The predicted molar refractivity (Wildman–Crippen MR) is 118 cm³/mol. The van der Waals surface area contributed by atoms with E-state index < -0.39 is 27.5 Å². The molecule has 2 aromatic carbocycles. The molecule has 0 aliphatic carbocycles. The number of piperidine rings is 1. The Balaban J connectivity index is 1.75. The Morgan fingerprint density at radius 2 is 1.87 bits per heavy atom. The van der Waals surface area contributed by atoms with E-state index in [-0.39, 0.29) is 11.9 Å². The molecule has 1 unspecified atom stereocenters. The third-order valence-corrected chi connectivity index (χ3v) is 5.93. The summed E-state index contributed by atoms with van der Waals surface area (Å²) in [6.07, 6.45) is 5.08. The van der Waals surface area contributed by atoms with Crippen molar-refractivity contribution in [3.8, 4) is 0 Å². The summed E-state index contributed by atoms with van der Waals surface area (Å²) in [7, 11) is -3.26. The standard InChI is InChI=1S/C23H26F2N2O3S/c1-16(13-15-31(2,29)30)26-23(28)17-9-11-18(12-10-17)27-14-4-3-8-21(27)19-6-5-7-20(24)22(19)25/h5-7,9-13,15-16,21H,3-4,8,14H2,1-2H3,(H,26,28)/b15-13+/t16-,21?/m1/s1. The summed E-state index contributed by atoms with van der Waals surface area (Å²) in [6, 6.07) is 10.5. The summed E-state index contributed by atoms with van der Waals surface area (Å²) in [4.78, 5) is 14.5. The van der Waals surface area contributed by atoms with Crippen LogP contribution in [0.25, 0.3) is 0 Å². The molecule has 0 radical (unpaired) electrons. The highest BCUT2D eigenvalue weighted by molar-refractivity contribution is 7.93. The van der Waals surface area contributed by atoms with Gasteiger partial charge in [0, 0.05) is 41.1 Å². The van der Waals surface area contributed by atoms with Crippen molar-refractivity contribution < 1.29 is 22.0 Å². The van der Waals surface area contributed by atoms with Crippen LogP contribution in [0.3, 0.4) is 0 Å². The quantitative estimate of drug-likeness (QED) is 0.713. The van der Waals surface area contributed by atoms with Crippen LogP contribution >= 0.6 is 0 Å². The van der Waals surface area contributed by atoms with Crippen molar-refractivity contribution in [2.75, 3.05) is 17.7 Å². The van der Waals surface area contributed by atoms with Crippen LogP contribution in [0.2, 0.25) is 0 Å². The van der Waals surface area contributed by atoms with Gasteiger partial charge in [0.2, 0.25) is 0 Å². The van der Waals surface area contributed by atoms with Crippen molar-refractivity contribution in [2.45, 2.75) is 38.3 Å². The summed E-state index contributed by atoms with van der Waals surface area (Å²) in [6.45, 7) is 2.39. The van der Waals surface area contributed by atoms with E-state index in [1.165, 1.54) is 12.1 Å². The average Bonchev–Trinajstić information content (AvgIpc) is 2.74. The molecule has 1 fully saturated rings. The Labute approximate surface area is 181 Å². The van der Waals surface area contributed by atoms with Crippen molar-refractivity contribution in [3.05, 3.63) is 76.7 Å². The predicted octanol–water partition coefficient (Wildman–Crippen LogP) is 4.37. The van der Waals surface area contributed by atoms with Crippen molar-refractivity contribution in [3.63, 3.8) is 0 Å². The number of benzene rings is 2. The van der Waals surface area contributed by atoms with Crippen molar-refractivity contribution >= 4 is 21.4 Å². The molecule has 0 spiro atoms. The number of nitrogens with zero attached hydrogens (tertiary/aromatic N) is 1. The van der Waals surface area contributed by atoms with Gasteiger partial charge in [-0.05, 0) is 56.5 Å². The van der Waals surface area contributed by atoms with Crippen LogP contribution in [0, 0.1) is 11.6 Å². The highest BCUT2D eigenvalue weighted by Crippen LogP contribution is 2.36. The van der Waals surface area contributed by atoms with Gasteiger partial charge in [-0.25, -0.2) is 17.2 Å². The summed E-state index contributed by atoms with van der Waals surface area (Å²) < 4.78 is 50.6. The molecule has 1 aliphatic heterocycles. The Bertz CT molecular complexity index is 1070. The topological polar surface area (TPSA) is 66.5 Å². The maximum Gasteiger partial charge on any atom is 0.251 e. The zero-order valence-electron chi connectivity index (χ0n) is 17.5. The molecule has 31 heavy (non-hydrogen) atoms. The summed E-state index contributed by atoms with van der Waals surface area (Å²) >= 11 is 0. The molecule has 5 nitrogen and oxygen atoms in total. The van der Waals surface area contributed by atoms with Gasteiger partial charge in [-0.15, -0.1) is 0 Å². The molecule has 1 heterocycles. The van der Waals surface area contributed by atoms with E-state index >= 15 is 0 Å². The third kappa shape index (κ3) is 5.91. The van der Waals surface area contributed by atoms with E-state index in [1.54, 1.807) is 37.3 Å². The van der Waals surface area contributed by atoms with Crippen LogP contribution in [0.15, 0.2) is 53.9 Å². The Hall–Kier alpha value is -2.74. The minimum atomic E-state index is -3.26. The molecule has 1 saturated heterocycles. The second kappa shape index (κ2) is 9.60. The number of anilines is 1. The number of rotatable bonds is 6. The first kappa shape index (κ1) is 22.9. The molecule has 0 aromatic heterocycles. The van der Waals surface area contributed by atoms with Gasteiger partial charge in [-0.1, -0.05) is 18.2 Å². The van der Waals surface area contributed by atoms with Gasteiger partial charge in [0.1, 0.15) is 0 Å². The van der Waals surface area contributed by atoms with Crippen LogP contribution in [-0.4, -0.2) is 33.2 Å². The van der Waals surface area contributed by atoms with Crippen LogP contribution in [-0.2, 0) is 9.84 Å². The molecule has 0 saturated carbocycles.